The van der Waals surface area contributed by atoms with Crippen molar-refractivity contribution in [2.75, 3.05) is 13.7 Å². The van der Waals surface area contributed by atoms with E-state index in [1.54, 1.807) is 12.1 Å². The SMILES string of the molecule is COc1ccnc(C(=O)N[C@](C)(C=O)CO[C@@H](C)[C@H](c2ccc(F)cc2)C(C)C)c1OC(C)=O. The molecule has 1 heterocycles. The minimum absolute atomic E-state index is 0.0668. The molecule has 0 unspecified atom stereocenters. The van der Waals surface area contributed by atoms with Crippen LogP contribution in [0.5, 0.6) is 11.5 Å². The maximum atomic E-state index is 13.4. The van der Waals surface area contributed by atoms with Crippen LogP contribution in [0.15, 0.2) is 36.5 Å². The Morgan fingerprint density at radius 3 is 2.35 bits per heavy atom. The van der Waals surface area contributed by atoms with Gasteiger partial charge in [0.25, 0.3) is 5.91 Å². The number of methoxy groups -OCH3 is 1. The molecule has 0 spiro atoms. The standard InChI is InChI=1S/C25H31FN2O6/c1-15(2)21(18-7-9-19(26)10-8-18)16(3)33-14-25(5,13-29)28-24(31)22-23(34-17(4)30)20(32-6)11-12-27-22/h7-13,15-16,21H,14H2,1-6H3,(H,28,31)/t16-,21+,25+/m0/s1. The summed E-state index contributed by atoms with van der Waals surface area (Å²) in [5, 5.41) is 2.60. The third kappa shape index (κ3) is 6.84. The number of halogens is 1. The van der Waals surface area contributed by atoms with Gasteiger partial charge in [0.2, 0.25) is 5.75 Å². The van der Waals surface area contributed by atoms with Crippen molar-refractivity contribution in [2.45, 2.75) is 52.2 Å². The van der Waals surface area contributed by atoms with Crippen molar-refractivity contribution in [1.82, 2.24) is 10.3 Å². The number of rotatable bonds is 11. The second kappa shape index (κ2) is 11.7. The molecule has 9 heteroatoms. The number of nitrogens with zero attached hydrogens (tertiary/aromatic N) is 1. The number of aromatic nitrogens is 1. The molecular formula is C25H31FN2O6. The van der Waals surface area contributed by atoms with Crippen molar-refractivity contribution in [3.05, 3.63) is 53.6 Å². The van der Waals surface area contributed by atoms with Crippen LogP contribution in [0.4, 0.5) is 4.39 Å². The molecule has 0 bridgehead atoms. The lowest BCUT2D eigenvalue weighted by molar-refractivity contribution is -0.132. The summed E-state index contributed by atoms with van der Waals surface area (Å²) in [7, 11) is 1.36. The summed E-state index contributed by atoms with van der Waals surface area (Å²) < 4.78 is 29.6. The zero-order valence-electron chi connectivity index (χ0n) is 20.3. The fourth-order valence-electron chi connectivity index (χ4n) is 3.70. The Balaban J connectivity index is 2.19. The van der Waals surface area contributed by atoms with Gasteiger partial charge in [0.15, 0.2) is 11.4 Å². The average Bonchev–Trinajstić information content (AvgIpc) is 2.78. The molecule has 0 aliphatic rings. The van der Waals surface area contributed by atoms with Crippen LogP contribution in [-0.2, 0) is 14.3 Å². The van der Waals surface area contributed by atoms with Gasteiger partial charge in [0, 0.05) is 25.1 Å². The number of pyridine rings is 1. The van der Waals surface area contributed by atoms with Gasteiger partial charge < -0.3 is 24.3 Å². The minimum Gasteiger partial charge on any atom is -0.493 e. The number of esters is 1. The molecule has 34 heavy (non-hydrogen) atoms. The molecule has 0 saturated carbocycles. The van der Waals surface area contributed by atoms with Gasteiger partial charge in [0.05, 0.1) is 19.8 Å². The Hall–Kier alpha value is -3.33. The molecular weight excluding hydrogens is 443 g/mol. The summed E-state index contributed by atoms with van der Waals surface area (Å²) in [6, 6.07) is 7.67. The molecule has 0 aliphatic heterocycles. The number of benzene rings is 1. The van der Waals surface area contributed by atoms with Crippen molar-refractivity contribution in [3.8, 4) is 11.5 Å². The van der Waals surface area contributed by atoms with E-state index in [9.17, 15) is 18.8 Å². The predicted octanol–water partition coefficient (Wildman–Crippen LogP) is 3.69. The molecule has 0 fully saturated rings. The van der Waals surface area contributed by atoms with E-state index in [0.717, 1.165) is 5.56 Å². The number of aldehydes is 1. The molecule has 184 valence electrons. The van der Waals surface area contributed by atoms with Crippen molar-refractivity contribution in [3.63, 3.8) is 0 Å². The van der Waals surface area contributed by atoms with Crippen molar-refractivity contribution < 1.29 is 33.0 Å². The second-order valence-electron chi connectivity index (χ2n) is 8.61. The zero-order chi connectivity index (χ0) is 25.5. The number of nitrogens with one attached hydrogen (secondary N) is 1. The normalized spacial score (nSPS) is 14.6. The first-order valence-corrected chi connectivity index (χ1v) is 10.9. The van der Waals surface area contributed by atoms with Crippen LogP contribution in [0.2, 0.25) is 0 Å². The Morgan fingerprint density at radius 1 is 1.18 bits per heavy atom. The van der Waals surface area contributed by atoms with E-state index in [2.05, 4.69) is 10.3 Å². The van der Waals surface area contributed by atoms with E-state index in [1.807, 2.05) is 20.8 Å². The number of hydrogen-bond acceptors (Lipinski definition) is 7. The van der Waals surface area contributed by atoms with E-state index in [0.29, 0.717) is 6.29 Å². The fourth-order valence-corrected chi connectivity index (χ4v) is 3.70. The molecule has 1 amide bonds. The van der Waals surface area contributed by atoms with Crippen LogP contribution < -0.4 is 14.8 Å². The quantitative estimate of drug-likeness (QED) is 0.391. The Bertz CT molecular complexity index is 1010. The van der Waals surface area contributed by atoms with Crippen LogP contribution >= 0.6 is 0 Å². The molecule has 1 aromatic heterocycles. The van der Waals surface area contributed by atoms with Crippen LogP contribution in [0.3, 0.4) is 0 Å². The first-order chi connectivity index (χ1) is 16.0. The van der Waals surface area contributed by atoms with Crippen LogP contribution in [0.25, 0.3) is 0 Å². The zero-order valence-corrected chi connectivity index (χ0v) is 20.3. The van der Waals surface area contributed by atoms with E-state index in [4.69, 9.17) is 14.2 Å². The van der Waals surface area contributed by atoms with Crippen molar-refractivity contribution in [2.24, 2.45) is 5.92 Å². The van der Waals surface area contributed by atoms with Crippen LogP contribution in [0.1, 0.15) is 56.6 Å². The van der Waals surface area contributed by atoms with Gasteiger partial charge >= 0.3 is 5.97 Å². The van der Waals surface area contributed by atoms with Gasteiger partial charge in [-0.15, -0.1) is 0 Å². The van der Waals surface area contributed by atoms with E-state index in [1.165, 1.54) is 45.4 Å². The number of carbonyl (C=O) groups excluding carboxylic acids is 3. The van der Waals surface area contributed by atoms with Crippen LogP contribution in [-0.4, -0.2) is 48.5 Å². The topological polar surface area (TPSA) is 104 Å². The van der Waals surface area contributed by atoms with Crippen molar-refractivity contribution in [1.29, 1.82) is 0 Å². The van der Waals surface area contributed by atoms with Gasteiger partial charge in [-0.2, -0.15) is 0 Å². The monoisotopic (exact) mass is 474 g/mol. The maximum absolute atomic E-state index is 13.4. The Kier molecular flexibility index (Phi) is 9.26. The summed E-state index contributed by atoms with van der Waals surface area (Å²) in [5.74, 6) is -1.61. The first kappa shape index (κ1) is 26.9. The average molecular weight is 475 g/mol. The lowest BCUT2D eigenvalue weighted by Gasteiger charge is -2.32. The minimum atomic E-state index is -1.39. The Labute approximate surface area is 198 Å². The van der Waals surface area contributed by atoms with E-state index in [-0.39, 0.29) is 47.6 Å². The lowest BCUT2D eigenvalue weighted by atomic mass is 9.84. The van der Waals surface area contributed by atoms with E-state index < -0.39 is 17.4 Å². The third-order valence-electron chi connectivity index (χ3n) is 5.33. The Morgan fingerprint density at radius 2 is 1.82 bits per heavy atom. The highest BCUT2D eigenvalue weighted by atomic mass is 19.1. The fraction of sp³-hybridized carbons (Fsp3) is 0.440. The molecule has 8 nitrogen and oxygen atoms in total. The second-order valence-corrected chi connectivity index (χ2v) is 8.61. The van der Waals surface area contributed by atoms with E-state index >= 15 is 0 Å². The van der Waals surface area contributed by atoms with Gasteiger partial charge in [-0.1, -0.05) is 26.0 Å². The van der Waals surface area contributed by atoms with Gasteiger partial charge in [-0.25, -0.2) is 9.37 Å². The molecule has 1 aromatic carbocycles. The maximum Gasteiger partial charge on any atom is 0.308 e. The molecule has 0 radical (unpaired) electrons. The number of ether oxygens (including phenoxy) is 3. The largest absolute Gasteiger partial charge is 0.493 e. The molecule has 3 atom stereocenters. The summed E-state index contributed by atoms with van der Waals surface area (Å²) in [6.45, 7) is 8.49. The summed E-state index contributed by atoms with van der Waals surface area (Å²) in [5.41, 5.74) is -0.692. The molecule has 0 saturated heterocycles. The number of amides is 1. The third-order valence-corrected chi connectivity index (χ3v) is 5.33. The lowest BCUT2D eigenvalue weighted by Crippen LogP contribution is -2.52. The molecule has 1 N–H and O–H groups in total. The first-order valence-electron chi connectivity index (χ1n) is 10.9. The molecule has 2 aromatic rings. The summed E-state index contributed by atoms with van der Waals surface area (Å²) in [4.78, 5) is 40.4. The highest BCUT2D eigenvalue weighted by Crippen LogP contribution is 2.31. The van der Waals surface area contributed by atoms with Crippen molar-refractivity contribution >= 4 is 18.2 Å². The highest BCUT2D eigenvalue weighted by molar-refractivity contribution is 5.98. The summed E-state index contributed by atoms with van der Waals surface area (Å²) >= 11 is 0. The van der Waals surface area contributed by atoms with Gasteiger partial charge in [0.1, 0.15) is 17.6 Å². The van der Waals surface area contributed by atoms with Gasteiger partial charge in [-0.3, -0.25) is 9.59 Å². The summed E-state index contributed by atoms with van der Waals surface area (Å²) in [6.07, 6.45) is 1.56. The smallest absolute Gasteiger partial charge is 0.308 e. The highest BCUT2D eigenvalue weighted by Gasteiger charge is 2.32. The molecule has 2 rings (SSSR count). The predicted molar refractivity (Wildman–Crippen MR) is 123 cm³/mol. The number of carbonyl (C=O) groups is 3. The number of hydrogen-bond donors (Lipinski definition) is 1. The molecule has 0 aliphatic carbocycles. The van der Waals surface area contributed by atoms with Gasteiger partial charge in [-0.05, 0) is 37.5 Å². The van der Waals surface area contributed by atoms with Crippen LogP contribution in [0, 0.1) is 11.7 Å².